The number of amides is 1. The number of ether oxygens (including phenoxy) is 2. The summed E-state index contributed by atoms with van der Waals surface area (Å²) in [4.78, 5) is 12.0. The molecule has 1 N–H and O–H groups in total. The lowest BCUT2D eigenvalue weighted by atomic mass is 10.1. The molecule has 0 saturated carbocycles. The standard InChI is InChI=1S/C13H15F2NO5S/c1-20-10-3-2-9(6-11(10)21-13(14)15)16-12(17)8-4-5-22(18,19)7-8/h2-3,6,8,13H,4-5,7H2,1H3,(H,16,17)/t8-/m0/s1. The van der Waals surface area contributed by atoms with E-state index >= 15 is 0 Å². The molecule has 0 aromatic heterocycles. The molecule has 1 heterocycles. The van der Waals surface area contributed by atoms with E-state index in [1.165, 1.54) is 25.3 Å². The molecule has 122 valence electrons. The van der Waals surface area contributed by atoms with Crippen LogP contribution in [0.25, 0.3) is 0 Å². The smallest absolute Gasteiger partial charge is 0.387 e. The molecule has 0 unspecified atom stereocenters. The topological polar surface area (TPSA) is 81.7 Å². The maximum absolute atomic E-state index is 12.3. The molecule has 0 spiro atoms. The fourth-order valence-electron chi connectivity index (χ4n) is 2.19. The van der Waals surface area contributed by atoms with Crippen LogP contribution in [0.15, 0.2) is 18.2 Å². The molecule has 1 aliphatic heterocycles. The third-order valence-electron chi connectivity index (χ3n) is 3.25. The van der Waals surface area contributed by atoms with Crippen LogP contribution in [-0.2, 0) is 14.6 Å². The zero-order valence-corrected chi connectivity index (χ0v) is 12.5. The first kappa shape index (κ1) is 16.5. The van der Waals surface area contributed by atoms with Gasteiger partial charge in [-0.2, -0.15) is 8.78 Å². The molecule has 2 rings (SSSR count). The van der Waals surface area contributed by atoms with Crippen molar-refractivity contribution in [3.63, 3.8) is 0 Å². The Kier molecular flexibility index (Phi) is 4.84. The molecule has 6 nitrogen and oxygen atoms in total. The Balaban J connectivity index is 2.11. The Hall–Kier alpha value is -1.90. The number of anilines is 1. The normalized spacial score (nSPS) is 19.9. The van der Waals surface area contributed by atoms with Crippen molar-refractivity contribution in [3.8, 4) is 11.5 Å². The minimum atomic E-state index is -3.17. The molecule has 9 heteroatoms. The van der Waals surface area contributed by atoms with Gasteiger partial charge in [0.15, 0.2) is 21.3 Å². The van der Waals surface area contributed by atoms with E-state index in [2.05, 4.69) is 10.1 Å². The van der Waals surface area contributed by atoms with Crippen molar-refractivity contribution in [2.45, 2.75) is 13.0 Å². The van der Waals surface area contributed by atoms with Crippen LogP contribution in [0.3, 0.4) is 0 Å². The highest BCUT2D eigenvalue weighted by Crippen LogP contribution is 2.32. The van der Waals surface area contributed by atoms with Gasteiger partial charge in [0.2, 0.25) is 5.91 Å². The molecule has 1 atom stereocenters. The minimum absolute atomic E-state index is 0.0204. The summed E-state index contributed by atoms with van der Waals surface area (Å²) in [6.45, 7) is -3.03. The van der Waals surface area contributed by atoms with Crippen LogP contribution in [-0.4, -0.2) is 39.6 Å². The fourth-order valence-corrected chi connectivity index (χ4v) is 3.93. The van der Waals surface area contributed by atoms with Crippen molar-refractivity contribution in [2.24, 2.45) is 5.92 Å². The van der Waals surface area contributed by atoms with E-state index in [-0.39, 0.29) is 35.1 Å². The maximum Gasteiger partial charge on any atom is 0.387 e. The summed E-state index contributed by atoms with van der Waals surface area (Å²) in [6, 6.07) is 4.03. The second-order valence-electron chi connectivity index (χ2n) is 4.83. The molecule has 0 bridgehead atoms. The predicted octanol–water partition coefficient (Wildman–Crippen LogP) is 1.67. The van der Waals surface area contributed by atoms with Gasteiger partial charge in [0, 0.05) is 11.8 Å². The van der Waals surface area contributed by atoms with Crippen LogP contribution in [0.5, 0.6) is 11.5 Å². The summed E-state index contributed by atoms with van der Waals surface area (Å²) >= 11 is 0. The number of methoxy groups -OCH3 is 1. The largest absolute Gasteiger partial charge is 0.493 e. The van der Waals surface area contributed by atoms with Gasteiger partial charge in [0.1, 0.15) is 0 Å². The maximum atomic E-state index is 12.3. The quantitative estimate of drug-likeness (QED) is 0.885. The van der Waals surface area contributed by atoms with Crippen molar-refractivity contribution in [1.29, 1.82) is 0 Å². The number of benzene rings is 1. The number of halogens is 2. The molecule has 0 aliphatic carbocycles. The van der Waals surface area contributed by atoms with Crippen LogP contribution in [0.2, 0.25) is 0 Å². The van der Waals surface area contributed by atoms with Crippen LogP contribution < -0.4 is 14.8 Å². The second-order valence-corrected chi connectivity index (χ2v) is 7.06. The van der Waals surface area contributed by atoms with Gasteiger partial charge in [-0.25, -0.2) is 8.42 Å². The summed E-state index contributed by atoms with van der Waals surface area (Å²) in [6.07, 6.45) is 0.255. The first-order valence-electron chi connectivity index (χ1n) is 6.45. The Morgan fingerprint density at radius 3 is 2.64 bits per heavy atom. The molecule has 0 radical (unpaired) electrons. The van der Waals surface area contributed by atoms with Gasteiger partial charge < -0.3 is 14.8 Å². The van der Waals surface area contributed by atoms with E-state index in [0.29, 0.717) is 0 Å². The van der Waals surface area contributed by atoms with Crippen molar-refractivity contribution >= 4 is 21.4 Å². The van der Waals surface area contributed by atoms with Crippen molar-refractivity contribution < 1.29 is 31.5 Å². The minimum Gasteiger partial charge on any atom is -0.493 e. The fraction of sp³-hybridized carbons (Fsp3) is 0.462. The van der Waals surface area contributed by atoms with Gasteiger partial charge in [-0.05, 0) is 18.6 Å². The van der Waals surface area contributed by atoms with E-state index in [9.17, 15) is 22.0 Å². The summed E-state index contributed by atoms with van der Waals surface area (Å²) < 4.78 is 56.6. The first-order valence-corrected chi connectivity index (χ1v) is 8.27. The Bertz CT molecular complexity index is 662. The average molecular weight is 335 g/mol. The number of carbonyl (C=O) groups is 1. The van der Waals surface area contributed by atoms with Crippen molar-refractivity contribution in [3.05, 3.63) is 18.2 Å². The first-order chi connectivity index (χ1) is 10.3. The zero-order valence-electron chi connectivity index (χ0n) is 11.7. The second kappa shape index (κ2) is 6.47. The van der Waals surface area contributed by atoms with E-state index in [0.717, 1.165) is 0 Å². The summed E-state index contributed by atoms with van der Waals surface area (Å²) in [5.41, 5.74) is 0.228. The summed E-state index contributed by atoms with van der Waals surface area (Å²) in [5, 5.41) is 2.50. The van der Waals surface area contributed by atoms with E-state index in [1.807, 2.05) is 0 Å². The van der Waals surface area contributed by atoms with Gasteiger partial charge in [0.25, 0.3) is 0 Å². The third-order valence-corrected chi connectivity index (χ3v) is 5.02. The van der Waals surface area contributed by atoms with E-state index in [1.54, 1.807) is 0 Å². The van der Waals surface area contributed by atoms with Crippen LogP contribution in [0.1, 0.15) is 6.42 Å². The highest BCUT2D eigenvalue weighted by Gasteiger charge is 2.33. The van der Waals surface area contributed by atoms with Crippen molar-refractivity contribution in [1.82, 2.24) is 0 Å². The van der Waals surface area contributed by atoms with Gasteiger partial charge in [-0.1, -0.05) is 0 Å². The molecule has 1 aliphatic rings. The number of hydrogen-bond acceptors (Lipinski definition) is 5. The molecule has 1 saturated heterocycles. The van der Waals surface area contributed by atoms with Gasteiger partial charge in [-0.3, -0.25) is 4.79 Å². The third kappa shape index (κ3) is 4.06. The molecule has 1 aromatic rings. The van der Waals surface area contributed by atoms with Crippen molar-refractivity contribution in [2.75, 3.05) is 23.9 Å². The summed E-state index contributed by atoms with van der Waals surface area (Å²) in [7, 11) is -1.87. The lowest BCUT2D eigenvalue weighted by Crippen LogP contribution is -2.23. The Labute approximate surface area is 126 Å². The molecule has 22 heavy (non-hydrogen) atoms. The molecule has 1 fully saturated rings. The molecule has 1 aromatic carbocycles. The average Bonchev–Trinajstić information content (AvgIpc) is 2.79. The van der Waals surface area contributed by atoms with Gasteiger partial charge in [-0.15, -0.1) is 0 Å². The zero-order chi connectivity index (χ0) is 16.3. The molecule has 1 amide bonds. The van der Waals surface area contributed by atoms with Crippen LogP contribution in [0, 0.1) is 5.92 Å². The van der Waals surface area contributed by atoms with Crippen LogP contribution >= 0.6 is 0 Å². The number of rotatable bonds is 5. The van der Waals surface area contributed by atoms with Gasteiger partial charge >= 0.3 is 6.61 Å². The molecular weight excluding hydrogens is 320 g/mol. The lowest BCUT2D eigenvalue weighted by molar-refractivity contribution is -0.119. The number of nitrogens with one attached hydrogen (secondary N) is 1. The Morgan fingerprint density at radius 2 is 2.09 bits per heavy atom. The number of alkyl halides is 2. The predicted molar refractivity (Wildman–Crippen MR) is 75.0 cm³/mol. The summed E-state index contributed by atoms with van der Waals surface area (Å²) in [5.74, 6) is -1.43. The van der Waals surface area contributed by atoms with E-state index in [4.69, 9.17) is 4.74 Å². The highest BCUT2D eigenvalue weighted by molar-refractivity contribution is 7.91. The SMILES string of the molecule is COc1ccc(NC(=O)[C@H]2CCS(=O)(=O)C2)cc1OC(F)F. The van der Waals surface area contributed by atoms with E-state index < -0.39 is 28.3 Å². The lowest BCUT2D eigenvalue weighted by Gasteiger charge is -2.13. The highest BCUT2D eigenvalue weighted by atomic mass is 32.2. The number of hydrogen-bond donors (Lipinski definition) is 1. The Morgan fingerprint density at radius 1 is 1.36 bits per heavy atom. The molecular formula is C13H15F2NO5S. The van der Waals surface area contributed by atoms with Gasteiger partial charge in [0.05, 0.1) is 24.5 Å². The van der Waals surface area contributed by atoms with Crippen LogP contribution in [0.4, 0.5) is 14.5 Å². The number of sulfone groups is 1. The monoisotopic (exact) mass is 335 g/mol. The number of carbonyl (C=O) groups excluding carboxylic acids is 1.